The monoisotopic (exact) mass is 376 g/mol. The molecule has 146 valence electrons. The number of hydrogen-bond donors (Lipinski definition) is 3. The van der Waals surface area contributed by atoms with Gasteiger partial charge in [-0.3, -0.25) is 25.6 Å². The first-order valence-corrected chi connectivity index (χ1v) is 8.58. The van der Waals surface area contributed by atoms with E-state index < -0.39 is 5.92 Å². The third kappa shape index (κ3) is 6.03. The SMILES string of the molecule is COc1ccc2nc(NNC(=O)[C@H](CCC(C)C)CN(O)C=O)nnc2c1. The van der Waals surface area contributed by atoms with E-state index in [0.717, 1.165) is 6.42 Å². The topological polar surface area (TPSA) is 130 Å². The highest BCUT2D eigenvalue weighted by Gasteiger charge is 2.21. The molecule has 10 heteroatoms. The molecule has 10 nitrogen and oxygen atoms in total. The molecule has 0 aliphatic heterocycles. The summed E-state index contributed by atoms with van der Waals surface area (Å²) in [4.78, 5) is 27.3. The lowest BCUT2D eigenvalue weighted by molar-refractivity contribution is -0.154. The van der Waals surface area contributed by atoms with Gasteiger partial charge >= 0.3 is 0 Å². The van der Waals surface area contributed by atoms with E-state index in [2.05, 4.69) is 26.0 Å². The average Bonchev–Trinajstić information content (AvgIpc) is 2.68. The first-order chi connectivity index (χ1) is 12.9. The maximum atomic E-state index is 12.4. The predicted octanol–water partition coefficient (Wildman–Crippen LogP) is 1.38. The van der Waals surface area contributed by atoms with Crippen LogP contribution in [0.25, 0.3) is 11.0 Å². The number of rotatable bonds is 10. The fraction of sp³-hybridized carbons (Fsp3) is 0.471. The highest BCUT2D eigenvalue weighted by Crippen LogP contribution is 2.17. The van der Waals surface area contributed by atoms with Gasteiger partial charge in [-0.2, -0.15) is 0 Å². The number of methoxy groups -OCH3 is 1. The van der Waals surface area contributed by atoms with Crippen LogP contribution in [0.3, 0.4) is 0 Å². The average molecular weight is 376 g/mol. The molecule has 0 bridgehead atoms. The van der Waals surface area contributed by atoms with Crippen molar-refractivity contribution in [2.24, 2.45) is 11.8 Å². The summed E-state index contributed by atoms with van der Waals surface area (Å²) in [5, 5.41) is 17.8. The Kier molecular flexibility index (Phi) is 7.24. The maximum Gasteiger partial charge on any atom is 0.262 e. The number of nitrogens with zero attached hydrogens (tertiary/aromatic N) is 4. The summed E-state index contributed by atoms with van der Waals surface area (Å²) < 4.78 is 5.12. The number of hydroxylamine groups is 2. The Balaban J connectivity index is 2.02. The molecular formula is C17H24N6O4. The molecule has 0 radical (unpaired) electrons. The summed E-state index contributed by atoms with van der Waals surface area (Å²) in [7, 11) is 1.56. The van der Waals surface area contributed by atoms with E-state index in [0.29, 0.717) is 34.2 Å². The van der Waals surface area contributed by atoms with Crippen molar-refractivity contribution in [1.29, 1.82) is 0 Å². The third-order valence-electron chi connectivity index (χ3n) is 3.95. The molecule has 0 saturated carbocycles. The van der Waals surface area contributed by atoms with E-state index in [1.54, 1.807) is 25.3 Å². The number of ether oxygens (including phenoxy) is 1. The van der Waals surface area contributed by atoms with Gasteiger partial charge in [0.15, 0.2) is 0 Å². The highest BCUT2D eigenvalue weighted by molar-refractivity contribution is 5.80. The number of hydrogen-bond acceptors (Lipinski definition) is 8. The van der Waals surface area contributed by atoms with Crippen LogP contribution in [0.1, 0.15) is 26.7 Å². The number of carbonyl (C=O) groups excluding carboxylic acids is 2. The zero-order valence-corrected chi connectivity index (χ0v) is 15.5. The van der Waals surface area contributed by atoms with Crippen molar-refractivity contribution in [2.45, 2.75) is 26.7 Å². The van der Waals surface area contributed by atoms with E-state index in [-0.39, 0.29) is 24.8 Å². The van der Waals surface area contributed by atoms with Gasteiger partial charge in [-0.1, -0.05) is 20.3 Å². The molecule has 1 aromatic heterocycles. The second-order valence-electron chi connectivity index (χ2n) is 6.50. The van der Waals surface area contributed by atoms with Crippen LogP contribution < -0.4 is 15.6 Å². The number of carbonyl (C=O) groups is 2. The second kappa shape index (κ2) is 9.62. The van der Waals surface area contributed by atoms with E-state index in [1.807, 2.05) is 13.8 Å². The minimum Gasteiger partial charge on any atom is -0.497 e. The number of benzene rings is 1. The summed E-state index contributed by atoms with van der Waals surface area (Å²) in [6.45, 7) is 3.97. The molecule has 2 aromatic rings. The van der Waals surface area contributed by atoms with Gasteiger partial charge in [-0.05, 0) is 24.5 Å². The Morgan fingerprint density at radius 2 is 2.07 bits per heavy atom. The molecule has 2 amide bonds. The molecule has 0 saturated heterocycles. The maximum absolute atomic E-state index is 12.4. The van der Waals surface area contributed by atoms with Crippen molar-refractivity contribution in [1.82, 2.24) is 25.7 Å². The summed E-state index contributed by atoms with van der Waals surface area (Å²) >= 11 is 0. The second-order valence-corrected chi connectivity index (χ2v) is 6.50. The van der Waals surface area contributed by atoms with E-state index >= 15 is 0 Å². The minimum atomic E-state index is -0.576. The largest absolute Gasteiger partial charge is 0.497 e. The van der Waals surface area contributed by atoms with Gasteiger partial charge in [0, 0.05) is 6.07 Å². The number of aromatic nitrogens is 3. The lowest BCUT2D eigenvalue weighted by Gasteiger charge is -2.20. The van der Waals surface area contributed by atoms with Crippen molar-refractivity contribution in [3.63, 3.8) is 0 Å². The van der Waals surface area contributed by atoms with E-state index in [1.165, 1.54) is 0 Å². The molecule has 0 unspecified atom stereocenters. The predicted molar refractivity (Wildman–Crippen MR) is 97.8 cm³/mol. The van der Waals surface area contributed by atoms with Crippen LogP contribution in [0.5, 0.6) is 5.75 Å². The fourth-order valence-electron chi connectivity index (χ4n) is 2.42. The summed E-state index contributed by atoms with van der Waals surface area (Å²) in [5.74, 6) is 0.202. The molecule has 1 atom stereocenters. The number of hydrazine groups is 1. The normalized spacial score (nSPS) is 11.9. The number of nitrogens with one attached hydrogen (secondary N) is 2. The van der Waals surface area contributed by atoms with Gasteiger partial charge in [-0.25, -0.2) is 10.0 Å². The summed E-state index contributed by atoms with van der Waals surface area (Å²) in [5.41, 5.74) is 6.27. The van der Waals surface area contributed by atoms with E-state index in [4.69, 9.17) is 4.74 Å². The number of amides is 2. The molecule has 0 aliphatic rings. The lowest BCUT2D eigenvalue weighted by atomic mass is 9.97. The zero-order chi connectivity index (χ0) is 19.8. The number of anilines is 1. The van der Waals surface area contributed by atoms with Crippen LogP contribution in [-0.4, -0.2) is 51.4 Å². The first kappa shape index (κ1) is 20.3. The van der Waals surface area contributed by atoms with Crippen LogP contribution >= 0.6 is 0 Å². The van der Waals surface area contributed by atoms with Gasteiger partial charge in [0.25, 0.3) is 5.95 Å². The molecule has 27 heavy (non-hydrogen) atoms. The third-order valence-corrected chi connectivity index (χ3v) is 3.95. The molecule has 0 fully saturated rings. The Hall–Kier alpha value is -3.01. The first-order valence-electron chi connectivity index (χ1n) is 8.58. The van der Waals surface area contributed by atoms with Crippen molar-refractivity contribution >= 4 is 29.3 Å². The van der Waals surface area contributed by atoms with Crippen LogP contribution in [0.4, 0.5) is 5.95 Å². The minimum absolute atomic E-state index is 0.0969. The van der Waals surface area contributed by atoms with Crippen LogP contribution in [0.15, 0.2) is 18.2 Å². The Labute approximate surface area is 156 Å². The van der Waals surface area contributed by atoms with Crippen LogP contribution in [0, 0.1) is 11.8 Å². The molecule has 2 rings (SSSR count). The van der Waals surface area contributed by atoms with Crippen LogP contribution in [0.2, 0.25) is 0 Å². The van der Waals surface area contributed by atoms with Gasteiger partial charge < -0.3 is 4.74 Å². The Morgan fingerprint density at radius 3 is 2.74 bits per heavy atom. The summed E-state index contributed by atoms with van der Waals surface area (Å²) in [6.07, 6.45) is 1.57. The smallest absolute Gasteiger partial charge is 0.262 e. The molecule has 1 heterocycles. The van der Waals surface area contributed by atoms with Crippen molar-refractivity contribution in [3.05, 3.63) is 18.2 Å². The Morgan fingerprint density at radius 1 is 1.30 bits per heavy atom. The highest BCUT2D eigenvalue weighted by atomic mass is 16.5. The zero-order valence-electron chi connectivity index (χ0n) is 15.5. The lowest BCUT2D eigenvalue weighted by Crippen LogP contribution is -2.40. The van der Waals surface area contributed by atoms with Crippen molar-refractivity contribution in [2.75, 3.05) is 19.1 Å². The fourth-order valence-corrected chi connectivity index (χ4v) is 2.42. The van der Waals surface area contributed by atoms with Crippen molar-refractivity contribution in [3.8, 4) is 5.75 Å². The molecule has 1 aromatic carbocycles. The molecular weight excluding hydrogens is 352 g/mol. The van der Waals surface area contributed by atoms with E-state index in [9.17, 15) is 14.8 Å². The van der Waals surface area contributed by atoms with Gasteiger partial charge in [-0.15, -0.1) is 10.2 Å². The summed E-state index contributed by atoms with van der Waals surface area (Å²) in [6, 6.07) is 5.18. The van der Waals surface area contributed by atoms with Crippen molar-refractivity contribution < 1.29 is 19.5 Å². The Bertz CT molecular complexity index is 785. The van der Waals surface area contributed by atoms with Gasteiger partial charge in [0.05, 0.1) is 25.1 Å². The van der Waals surface area contributed by atoms with Gasteiger partial charge in [0.1, 0.15) is 11.3 Å². The quantitative estimate of drug-likeness (QED) is 0.322. The standard InChI is InChI=1S/C17H24N6O4/c1-11(2)4-5-12(9-23(26)10-24)16(25)20-22-17-18-14-7-6-13(27-3)8-15(14)19-21-17/h6-8,10-12,26H,4-5,9H2,1-3H3,(H,20,25)(H,18,21,22)/t12-/m1/s1. The molecule has 0 aliphatic carbocycles. The van der Waals surface area contributed by atoms with Crippen LogP contribution in [-0.2, 0) is 9.59 Å². The number of fused-ring (bicyclic) bond motifs is 1. The molecule has 0 spiro atoms. The molecule has 3 N–H and O–H groups in total. The van der Waals surface area contributed by atoms with Gasteiger partial charge in [0.2, 0.25) is 12.3 Å².